The Labute approximate surface area is 170 Å². The first-order valence-corrected chi connectivity index (χ1v) is 10.4. The zero-order valence-corrected chi connectivity index (χ0v) is 17.1. The van der Waals surface area contributed by atoms with Crippen molar-refractivity contribution in [3.63, 3.8) is 0 Å². The highest BCUT2D eigenvalue weighted by atomic mass is 31.2. The first-order valence-electron chi connectivity index (χ1n) is 8.93. The Morgan fingerprint density at radius 2 is 1.21 bits per heavy atom. The van der Waals surface area contributed by atoms with Crippen molar-refractivity contribution in [3.8, 4) is 5.75 Å². The Hall–Kier alpha value is -2.92. The second kappa shape index (κ2) is 8.62. The topological polar surface area (TPSA) is 94.6 Å². The Morgan fingerprint density at radius 1 is 0.793 bits per heavy atom. The number of phosphoric acid groups is 1. The molecular weight excluding hydrogens is 387 g/mol. The monoisotopic (exact) mass is 410 g/mol. The molecule has 0 aliphatic heterocycles. The zero-order chi connectivity index (χ0) is 20.9. The van der Waals surface area contributed by atoms with Crippen LogP contribution in [0.4, 0.5) is 0 Å². The Kier molecular flexibility index (Phi) is 6.18. The minimum absolute atomic E-state index is 0.0111. The van der Waals surface area contributed by atoms with Gasteiger partial charge >= 0.3 is 7.82 Å². The zero-order valence-electron chi connectivity index (χ0n) is 16.2. The molecule has 0 bridgehead atoms. The van der Waals surface area contributed by atoms with Gasteiger partial charge in [-0.3, -0.25) is 14.5 Å². The third kappa shape index (κ3) is 3.96. The van der Waals surface area contributed by atoms with Gasteiger partial charge in [-0.1, -0.05) is 72.8 Å². The van der Waals surface area contributed by atoms with Gasteiger partial charge in [-0.05, 0) is 28.8 Å². The quantitative estimate of drug-likeness (QED) is 0.242. The van der Waals surface area contributed by atoms with Gasteiger partial charge in [0.15, 0.2) is 0 Å². The summed E-state index contributed by atoms with van der Waals surface area (Å²) < 4.78 is 27.2. The van der Waals surface area contributed by atoms with E-state index in [1.165, 1.54) is 14.2 Å². The molecule has 3 aromatic carbocycles. The van der Waals surface area contributed by atoms with Gasteiger partial charge in [-0.15, -0.1) is 0 Å². The van der Waals surface area contributed by atoms with Gasteiger partial charge in [0.2, 0.25) is 0 Å². The molecule has 0 atom stereocenters. The van der Waals surface area contributed by atoms with Gasteiger partial charge in [0.1, 0.15) is 17.0 Å². The van der Waals surface area contributed by atoms with Crippen LogP contribution in [0.1, 0.15) is 16.7 Å². The molecule has 3 rings (SSSR count). The molecule has 0 amide bonds. The highest BCUT2D eigenvalue weighted by Crippen LogP contribution is 2.48. The van der Waals surface area contributed by atoms with E-state index in [1.54, 1.807) is 24.3 Å². The summed E-state index contributed by atoms with van der Waals surface area (Å²) in [6.07, 6.45) is 0. The molecule has 29 heavy (non-hydrogen) atoms. The molecule has 0 saturated heterocycles. The minimum atomic E-state index is -3.66. The van der Waals surface area contributed by atoms with Crippen molar-refractivity contribution in [3.05, 3.63) is 102 Å². The average Bonchev–Trinajstić information content (AvgIpc) is 2.76. The molecule has 0 spiro atoms. The minimum Gasteiger partial charge on any atom is -0.404 e. The third-order valence-corrected chi connectivity index (χ3v) is 6.10. The van der Waals surface area contributed by atoms with E-state index in [0.29, 0.717) is 5.75 Å². The van der Waals surface area contributed by atoms with E-state index in [4.69, 9.17) is 24.7 Å². The van der Waals surface area contributed by atoms with Crippen molar-refractivity contribution < 1.29 is 18.1 Å². The first-order chi connectivity index (χ1) is 14.0. The van der Waals surface area contributed by atoms with Crippen LogP contribution in [0.25, 0.3) is 0 Å². The van der Waals surface area contributed by atoms with Gasteiger partial charge < -0.3 is 10.3 Å². The van der Waals surface area contributed by atoms with E-state index in [0.717, 1.165) is 16.7 Å². The summed E-state index contributed by atoms with van der Waals surface area (Å²) in [4.78, 5) is 0. The molecule has 150 valence electrons. The van der Waals surface area contributed by atoms with Crippen LogP contribution in [0, 0.1) is 5.41 Å². The fraction of sp³-hybridized carbons (Fsp3) is 0.136. The van der Waals surface area contributed by atoms with E-state index in [1.807, 2.05) is 60.7 Å². The Balaban J connectivity index is 2.15. The highest BCUT2D eigenvalue weighted by Gasteiger charge is 2.39. The molecular formula is C22H23N2O4P. The van der Waals surface area contributed by atoms with E-state index in [2.05, 4.69) is 0 Å². The number of nitrogens with two attached hydrogens (primary N) is 1. The number of rotatable bonds is 8. The second-order valence-corrected chi connectivity index (χ2v) is 8.13. The summed E-state index contributed by atoms with van der Waals surface area (Å²) in [5.74, 6) is 0.308. The molecule has 0 heterocycles. The summed E-state index contributed by atoms with van der Waals surface area (Å²) in [7, 11) is -1.15. The lowest BCUT2D eigenvalue weighted by atomic mass is 9.68. The molecule has 3 N–H and O–H groups in total. The standard InChI is InChI=1S/C22H23N2O4P/c1-26-29(25,27-2)28-20-15-13-19(14-16-20)22(21(23)24,17-9-5-3-6-10-17)18-11-7-4-8-12-18/h3-16H,1-2H3,(H3,23,24). The second-order valence-electron chi connectivity index (χ2n) is 6.32. The predicted molar refractivity (Wildman–Crippen MR) is 113 cm³/mol. The number of phosphoric ester groups is 1. The number of benzene rings is 3. The summed E-state index contributed by atoms with van der Waals surface area (Å²) in [6.45, 7) is 0. The third-order valence-electron chi connectivity index (χ3n) is 4.77. The molecule has 6 nitrogen and oxygen atoms in total. The summed E-state index contributed by atoms with van der Waals surface area (Å²) in [6, 6.07) is 26.2. The van der Waals surface area contributed by atoms with Crippen molar-refractivity contribution in [1.82, 2.24) is 0 Å². The SMILES string of the molecule is COP(=O)(OC)Oc1ccc(C(C(=N)N)(c2ccccc2)c2ccccc2)cc1. The fourth-order valence-electron chi connectivity index (χ4n) is 3.39. The van der Waals surface area contributed by atoms with E-state index in [-0.39, 0.29) is 5.84 Å². The van der Waals surface area contributed by atoms with E-state index < -0.39 is 13.2 Å². The van der Waals surface area contributed by atoms with Crippen LogP contribution in [0.3, 0.4) is 0 Å². The molecule has 0 unspecified atom stereocenters. The molecule has 0 radical (unpaired) electrons. The molecule has 0 aliphatic rings. The van der Waals surface area contributed by atoms with Gasteiger partial charge in [0.05, 0.1) is 0 Å². The van der Waals surface area contributed by atoms with Crippen LogP contribution in [0.5, 0.6) is 5.75 Å². The van der Waals surface area contributed by atoms with E-state index >= 15 is 0 Å². The number of amidine groups is 1. The maximum atomic E-state index is 12.2. The van der Waals surface area contributed by atoms with Crippen molar-refractivity contribution in [2.45, 2.75) is 5.41 Å². The molecule has 3 aromatic rings. The Morgan fingerprint density at radius 3 is 1.59 bits per heavy atom. The van der Waals surface area contributed by atoms with Crippen LogP contribution >= 0.6 is 7.82 Å². The lowest BCUT2D eigenvalue weighted by Crippen LogP contribution is -2.42. The van der Waals surface area contributed by atoms with Crippen LogP contribution in [-0.2, 0) is 19.0 Å². The van der Waals surface area contributed by atoms with Gasteiger partial charge in [0, 0.05) is 14.2 Å². The maximum Gasteiger partial charge on any atom is 0.529 e. The molecule has 0 saturated carbocycles. The Bertz CT molecular complexity index is 961. The molecule has 0 aromatic heterocycles. The van der Waals surface area contributed by atoms with Crippen LogP contribution in [0.2, 0.25) is 0 Å². The van der Waals surface area contributed by atoms with Crippen molar-refractivity contribution in [1.29, 1.82) is 5.41 Å². The molecule has 0 fully saturated rings. The lowest BCUT2D eigenvalue weighted by molar-refractivity contribution is 0.211. The average molecular weight is 410 g/mol. The fourth-order valence-corrected chi connectivity index (χ4v) is 4.06. The van der Waals surface area contributed by atoms with E-state index in [9.17, 15) is 4.57 Å². The predicted octanol–water partition coefficient (Wildman–Crippen LogP) is 4.74. The van der Waals surface area contributed by atoms with Crippen LogP contribution in [-0.4, -0.2) is 20.1 Å². The van der Waals surface area contributed by atoms with Crippen LogP contribution < -0.4 is 10.3 Å². The number of nitrogens with one attached hydrogen (secondary N) is 1. The van der Waals surface area contributed by atoms with Crippen molar-refractivity contribution >= 4 is 13.7 Å². The van der Waals surface area contributed by atoms with Crippen LogP contribution in [0.15, 0.2) is 84.9 Å². The molecule has 7 heteroatoms. The van der Waals surface area contributed by atoms with Gasteiger partial charge in [0.25, 0.3) is 0 Å². The highest BCUT2D eigenvalue weighted by molar-refractivity contribution is 7.48. The summed E-state index contributed by atoms with van der Waals surface area (Å²) in [5, 5.41) is 8.53. The number of hydrogen-bond acceptors (Lipinski definition) is 5. The largest absolute Gasteiger partial charge is 0.529 e. The van der Waals surface area contributed by atoms with Crippen molar-refractivity contribution in [2.75, 3.05) is 14.2 Å². The first kappa shape index (κ1) is 20.8. The van der Waals surface area contributed by atoms with Gasteiger partial charge in [-0.25, -0.2) is 4.57 Å². The summed E-state index contributed by atoms with van der Waals surface area (Å²) >= 11 is 0. The normalized spacial score (nSPS) is 11.8. The van der Waals surface area contributed by atoms with Crippen molar-refractivity contribution in [2.24, 2.45) is 5.73 Å². The van der Waals surface area contributed by atoms with Gasteiger partial charge in [-0.2, -0.15) is 0 Å². The molecule has 0 aliphatic carbocycles. The lowest BCUT2D eigenvalue weighted by Gasteiger charge is -2.34. The smallest absolute Gasteiger partial charge is 0.404 e. The summed E-state index contributed by atoms with van der Waals surface area (Å²) in [5.41, 5.74) is 7.75. The number of hydrogen-bond donors (Lipinski definition) is 2. The maximum absolute atomic E-state index is 12.2.